The van der Waals surface area contributed by atoms with E-state index in [0.717, 1.165) is 36.1 Å². The quantitative estimate of drug-likeness (QED) is 0.646. The van der Waals surface area contributed by atoms with E-state index in [2.05, 4.69) is 53.8 Å². The molecule has 0 aromatic heterocycles. The van der Waals surface area contributed by atoms with Crippen LogP contribution < -0.4 is 5.32 Å². The van der Waals surface area contributed by atoms with E-state index >= 15 is 0 Å². The Balaban J connectivity index is 1.40. The lowest BCUT2D eigenvalue weighted by atomic mass is 9.95. The van der Waals surface area contributed by atoms with Crippen LogP contribution in [0.1, 0.15) is 54.4 Å². The fourth-order valence-corrected chi connectivity index (χ4v) is 4.77. The molecule has 0 bridgehead atoms. The van der Waals surface area contributed by atoms with Crippen LogP contribution in [0.15, 0.2) is 60.7 Å². The molecule has 1 heterocycles. The lowest BCUT2D eigenvalue weighted by molar-refractivity contribution is -0.120. The molecule has 0 spiro atoms. The Kier molecular flexibility index (Phi) is 5.23. The summed E-state index contributed by atoms with van der Waals surface area (Å²) in [5, 5.41) is 5.19. The molecule has 5 rings (SSSR count). The molecule has 1 atom stereocenters. The first kappa shape index (κ1) is 19.8. The Labute approximate surface area is 183 Å². The Bertz CT molecular complexity index is 1130. The van der Waals surface area contributed by atoms with Gasteiger partial charge in [0.2, 0.25) is 5.91 Å². The van der Waals surface area contributed by atoms with Crippen molar-refractivity contribution in [1.82, 2.24) is 10.2 Å². The molecule has 3 aromatic rings. The fraction of sp³-hybridized carbons (Fsp3) is 0.333. The highest BCUT2D eigenvalue weighted by Crippen LogP contribution is 2.40. The molecule has 1 aliphatic carbocycles. The zero-order valence-corrected chi connectivity index (χ0v) is 17.9. The largest absolute Gasteiger partial charge is 0.352 e. The number of likely N-dealkylation sites (tertiary alicyclic amines) is 1. The summed E-state index contributed by atoms with van der Waals surface area (Å²) in [5.41, 5.74) is 4.55. The van der Waals surface area contributed by atoms with Crippen molar-refractivity contribution in [3.05, 3.63) is 71.8 Å². The average Bonchev–Trinajstić information content (AvgIpc) is 3.63. The van der Waals surface area contributed by atoms with Crippen molar-refractivity contribution in [3.8, 4) is 11.1 Å². The number of nitrogens with zero attached hydrogens (tertiary/aromatic N) is 1. The van der Waals surface area contributed by atoms with E-state index in [-0.39, 0.29) is 17.9 Å². The second-order valence-electron chi connectivity index (χ2n) is 8.93. The first-order valence-electron chi connectivity index (χ1n) is 11.3. The molecule has 3 aromatic carbocycles. The smallest absolute Gasteiger partial charge is 0.253 e. The number of piperidine rings is 1. The van der Waals surface area contributed by atoms with Crippen LogP contribution in [-0.2, 0) is 4.79 Å². The van der Waals surface area contributed by atoms with E-state index in [1.807, 2.05) is 17.0 Å². The van der Waals surface area contributed by atoms with Crippen LogP contribution in [0.4, 0.5) is 0 Å². The summed E-state index contributed by atoms with van der Waals surface area (Å²) in [6, 6.07) is 21.3. The van der Waals surface area contributed by atoms with Gasteiger partial charge in [-0.15, -0.1) is 0 Å². The molecular formula is C27H28N2O2. The predicted octanol–water partition coefficient (Wildman–Crippen LogP) is 5.12. The lowest BCUT2D eigenvalue weighted by Crippen LogP contribution is -2.49. The standard InChI is InChI=1S/C27H28N2O2/c1-18(30)28-24-5-3-15-29(17-24)27(31)23-13-14-26-22(16-23)4-2-6-25(26)21-11-9-20(10-12-21)19-7-8-19/h2,4,6,9-14,16,19,24H,3,5,7-8,15,17H2,1H3,(H,28,30). The maximum absolute atomic E-state index is 13.2. The van der Waals surface area contributed by atoms with Gasteiger partial charge < -0.3 is 10.2 Å². The highest BCUT2D eigenvalue weighted by atomic mass is 16.2. The van der Waals surface area contributed by atoms with Crippen LogP contribution in [0.25, 0.3) is 21.9 Å². The number of amides is 2. The summed E-state index contributed by atoms with van der Waals surface area (Å²) < 4.78 is 0. The zero-order valence-electron chi connectivity index (χ0n) is 17.9. The van der Waals surface area contributed by atoms with Crippen LogP contribution in [0.5, 0.6) is 0 Å². The number of benzene rings is 3. The van der Waals surface area contributed by atoms with Crippen LogP contribution >= 0.6 is 0 Å². The van der Waals surface area contributed by atoms with Gasteiger partial charge in [0, 0.05) is 31.6 Å². The number of carbonyl (C=O) groups is 2. The number of nitrogens with one attached hydrogen (secondary N) is 1. The Morgan fingerprint density at radius 3 is 2.52 bits per heavy atom. The van der Waals surface area contributed by atoms with E-state index in [1.54, 1.807) is 0 Å². The normalized spacial score (nSPS) is 18.7. The molecule has 31 heavy (non-hydrogen) atoms. The van der Waals surface area contributed by atoms with E-state index in [9.17, 15) is 9.59 Å². The van der Waals surface area contributed by atoms with E-state index < -0.39 is 0 Å². The number of carbonyl (C=O) groups excluding carboxylic acids is 2. The fourth-order valence-electron chi connectivity index (χ4n) is 4.77. The van der Waals surface area contributed by atoms with Crippen molar-refractivity contribution in [1.29, 1.82) is 0 Å². The summed E-state index contributed by atoms with van der Waals surface area (Å²) in [5.74, 6) is 0.758. The molecule has 1 saturated heterocycles. The first-order chi connectivity index (χ1) is 15.1. The van der Waals surface area contributed by atoms with E-state index in [1.165, 1.54) is 36.5 Å². The highest BCUT2D eigenvalue weighted by molar-refractivity contribution is 6.02. The molecule has 2 aliphatic rings. The molecule has 2 amide bonds. The number of hydrogen-bond acceptors (Lipinski definition) is 2. The third kappa shape index (κ3) is 4.20. The minimum absolute atomic E-state index is 0.0381. The minimum Gasteiger partial charge on any atom is -0.352 e. The second-order valence-corrected chi connectivity index (χ2v) is 8.93. The van der Waals surface area contributed by atoms with Gasteiger partial charge in [-0.3, -0.25) is 9.59 Å². The Morgan fingerprint density at radius 2 is 1.77 bits per heavy atom. The topological polar surface area (TPSA) is 49.4 Å². The highest BCUT2D eigenvalue weighted by Gasteiger charge is 2.25. The molecule has 4 nitrogen and oxygen atoms in total. The molecule has 158 valence electrons. The summed E-state index contributed by atoms with van der Waals surface area (Å²) in [6.45, 7) is 2.84. The van der Waals surface area contributed by atoms with Crippen LogP contribution in [0, 0.1) is 0 Å². The Hall–Kier alpha value is -3.14. The zero-order chi connectivity index (χ0) is 21.4. The third-order valence-electron chi connectivity index (χ3n) is 6.51. The van der Waals surface area contributed by atoms with Crippen molar-refractivity contribution in [2.45, 2.75) is 44.6 Å². The molecule has 1 saturated carbocycles. The van der Waals surface area contributed by atoms with Crippen molar-refractivity contribution in [2.75, 3.05) is 13.1 Å². The van der Waals surface area contributed by atoms with Gasteiger partial charge in [-0.1, -0.05) is 48.5 Å². The van der Waals surface area contributed by atoms with Crippen LogP contribution in [0.3, 0.4) is 0 Å². The third-order valence-corrected chi connectivity index (χ3v) is 6.51. The SMILES string of the molecule is CC(=O)NC1CCCN(C(=O)c2ccc3c(-c4ccc(C5CC5)cc4)cccc3c2)C1. The van der Waals surface area contributed by atoms with Crippen molar-refractivity contribution in [2.24, 2.45) is 0 Å². The van der Waals surface area contributed by atoms with Gasteiger partial charge in [-0.2, -0.15) is 0 Å². The van der Waals surface area contributed by atoms with Gasteiger partial charge in [0.05, 0.1) is 0 Å². The average molecular weight is 413 g/mol. The van der Waals surface area contributed by atoms with Gasteiger partial charge in [0.15, 0.2) is 0 Å². The maximum Gasteiger partial charge on any atom is 0.253 e. The van der Waals surface area contributed by atoms with E-state index in [0.29, 0.717) is 12.1 Å². The molecule has 1 unspecified atom stereocenters. The Morgan fingerprint density at radius 1 is 0.968 bits per heavy atom. The van der Waals surface area contributed by atoms with Gasteiger partial charge in [0.1, 0.15) is 0 Å². The number of fused-ring (bicyclic) bond motifs is 1. The summed E-state index contributed by atoms with van der Waals surface area (Å²) in [6.07, 6.45) is 4.45. The molecule has 1 N–H and O–H groups in total. The van der Waals surface area contributed by atoms with Gasteiger partial charge in [0.25, 0.3) is 5.91 Å². The number of hydrogen-bond donors (Lipinski definition) is 1. The molecule has 0 radical (unpaired) electrons. The summed E-state index contributed by atoms with van der Waals surface area (Å²) in [7, 11) is 0. The maximum atomic E-state index is 13.2. The molecule has 2 fully saturated rings. The second kappa shape index (κ2) is 8.18. The monoisotopic (exact) mass is 412 g/mol. The summed E-state index contributed by atoms with van der Waals surface area (Å²) >= 11 is 0. The van der Waals surface area contributed by atoms with Crippen LogP contribution in [-0.4, -0.2) is 35.8 Å². The molecular weight excluding hydrogens is 384 g/mol. The van der Waals surface area contributed by atoms with Crippen molar-refractivity contribution in [3.63, 3.8) is 0 Å². The van der Waals surface area contributed by atoms with Crippen molar-refractivity contribution < 1.29 is 9.59 Å². The first-order valence-corrected chi connectivity index (χ1v) is 11.3. The van der Waals surface area contributed by atoms with E-state index in [4.69, 9.17) is 0 Å². The van der Waals surface area contributed by atoms with Gasteiger partial charge in [-0.25, -0.2) is 0 Å². The molecule has 1 aliphatic heterocycles. The number of rotatable bonds is 4. The van der Waals surface area contributed by atoms with Gasteiger partial charge >= 0.3 is 0 Å². The summed E-state index contributed by atoms with van der Waals surface area (Å²) in [4.78, 5) is 26.4. The van der Waals surface area contributed by atoms with Crippen LogP contribution in [0.2, 0.25) is 0 Å². The predicted molar refractivity (Wildman–Crippen MR) is 124 cm³/mol. The minimum atomic E-state index is -0.0392. The van der Waals surface area contributed by atoms with Gasteiger partial charge in [-0.05, 0) is 71.2 Å². The molecule has 4 heteroatoms. The van der Waals surface area contributed by atoms with Crippen molar-refractivity contribution >= 4 is 22.6 Å². The lowest BCUT2D eigenvalue weighted by Gasteiger charge is -2.33.